The fourth-order valence-electron chi connectivity index (χ4n) is 1.45. The van der Waals surface area contributed by atoms with Crippen LogP contribution in [0.2, 0.25) is 0 Å². The lowest BCUT2D eigenvalue weighted by Gasteiger charge is -2.09. The highest BCUT2D eigenvalue weighted by atomic mass is 16.3. The van der Waals surface area contributed by atoms with Crippen molar-refractivity contribution in [2.45, 2.75) is 19.4 Å². The van der Waals surface area contributed by atoms with Gasteiger partial charge in [0.05, 0.1) is 12.7 Å². The molecular formula is C12H19NO2. The number of aliphatic hydroxyl groups excluding tert-OH is 2. The van der Waals surface area contributed by atoms with Gasteiger partial charge in [0.25, 0.3) is 0 Å². The highest BCUT2D eigenvalue weighted by Gasteiger charge is 2.00. The number of hydrogen-bond donors (Lipinski definition) is 3. The lowest BCUT2D eigenvalue weighted by atomic mass is 10.1. The Bertz CT molecular complexity index is 289. The zero-order valence-electron chi connectivity index (χ0n) is 9.11. The number of hydrogen-bond acceptors (Lipinski definition) is 3. The van der Waals surface area contributed by atoms with E-state index in [9.17, 15) is 0 Å². The van der Waals surface area contributed by atoms with Crippen LogP contribution in [0.3, 0.4) is 0 Å². The van der Waals surface area contributed by atoms with Crippen molar-refractivity contribution in [1.82, 2.24) is 5.32 Å². The normalized spacial score (nSPS) is 12.7. The van der Waals surface area contributed by atoms with Gasteiger partial charge in [0.15, 0.2) is 0 Å². The molecule has 1 aromatic carbocycles. The average molecular weight is 209 g/mol. The molecule has 0 saturated heterocycles. The zero-order valence-corrected chi connectivity index (χ0v) is 9.11. The van der Waals surface area contributed by atoms with E-state index in [1.54, 1.807) is 0 Å². The summed E-state index contributed by atoms with van der Waals surface area (Å²) in [6, 6.07) is 8.27. The van der Waals surface area contributed by atoms with Crippen LogP contribution in [0.1, 0.15) is 11.1 Å². The maximum atomic E-state index is 9.10. The summed E-state index contributed by atoms with van der Waals surface area (Å²) in [5.41, 5.74) is 2.62. The molecule has 0 radical (unpaired) electrons. The molecule has 0 aliphatic heterocycles. The number of rotatable bonds is 6. The average Bonchev–Trinajstić information content (AvgIpc) is 2.26. The van der Waals surface area contributed by atoms with Gasteiger partial charge in [-0.2, -0.15) is 0 Å². The lowest BCUT2D eigenvalue weighted by Crippen LogP contribution is -2.30. The third-order valence-corrected chi connectivity index (χ3v) is 2.42. The molecule has 1 atom stereocenters. The summed E-state index contributed by atoms with van der Waals surface area (Å²) in [4.78, 5) is 0. The lowest BCUT2D eigenvalue weighted by molar-refractivity contribution is 0.0947. The van der Waals surface area contributed by atoms with Gasteiger partial charge in [-0.05, 0) is 31.0 Å². The van der Waals surface area contributed by atoms with Gasteiger partial charge in [-0.1, -0.05) is 24.3 Å². The molecule has 0 heterocycles. The Hall–Kier alpha value is -0.900. The summed E-state index contributed by atoms with van der Waals surface area (Å²) in [5.74, 6) is 0. The first-order chi connectivity index (χ1) is 7.24. The van der Waals surface area contributed by atoms with E-state index in [1.165, 1.54) is 11.1 Å². The first-order valence-corrected chi connectivity index (χ1v) is 5.28. The van der Waals surface area contributed by atoms with Crippen molar-refractivity contribution in [3.8, 4) is 0 Å². The van der Waals surface area contributed by atoms with E-state index in [-0.39, 0.29) is 6.61 Å². The van der Waals surface area contributed by atoms with Crippen LogP contribution >= 0.6 is 0 Å². The Morgan fingerprint density at radius 2 is 2.07 bits per heavy atom. The van der Waals surface area contributed by atoms with Gasteiger partial charge in [-0.15, -0.1) is 0 Å². The standard InChI is InChI=1S/C12H19NO2/c1-10-4-2-3-5-11(10)6-7-13-8-12(15)9-14/h2-5,12-15H,6-9H2,1H3/t12-/m0/s1. The molecule has 0 bridgehead atoms. The zero-order chi connectivity index (χ0) is 11.1. The van der Waals surface area contributed by atoms with Crippen molar-refractivity contribution < 1.29 is 10.2 Å². The number of benzene rings is 1. The molecule has 3 heteroatoms. The molecule has 0 aliphatic carbocycles. The summed E-state index contributed by atoms with van der Waals surface area (Å²) in [5, 5.41) is 20.8. The van der Waals surface area contributed by atoms with Crippen molar-refractivity contribution in [1.29, 1.82) is 0 Å². The third kappa shape index (κ3) is 4.42. The quantitative estimate of drug-likeness (QED) is 0.597. The van der Waals surface area contributed by atoms with Crippen LogP contribution in [0, 0.1) is 6.92 Å². The van der Waals surface area contributed by atoms with Crippen molar-refractivity contribution in [2.24, 2.45) is 0 Å². The van der Waals surface area contributed by atoms with Crippen LogP contribution in [-0.2, 0) is 6.42 Å². The van der Waals surface area contributed by atoms with E-state index in [2.05, 4.69) is 24.4 Å². The molecule has 3 nitrogen and oxygen atoms in total. The summed E-state index contributed by atoms with van der Waals surface area (Å²) in [7, 11) is 0. The predicted octanol–water partition coefficient (Wildman–Crippen LogP) is 0.480. The van der Waals surface area contributed by atoms with Gasteiger partial charge in [0, 0.05) is 6.54 Å². The molecule has 1 aromatic rings. The minimum atomic E-state index is -0.651. The maximum Gasteiger partial charge on any atom is 0.0894 e. The van der Waals surface area contributed by atoms with E-state index in [0.717, 1.165) is 13.0 Å². The van der Waals surface area contributed by atoms with Crippen LogP contribution in [0.15, 0.2) is 24.3 Å². The topological polar surface area (TPSA) is 52.5 Å². The van der Waals surface area contributed by atoms with Gasteiger partial charge in [-0.3, -0.25) is 0 Å². The van der Waals surface area contributed by atoms with Gasteiger partial charge < -0.3 is 15.5 Å². The predicted molar refractivity (Wildman–Crippen MR) is 60.8 cm³/mol. The van der Waals surface area contributed by atoms with Crippen molar-refractivity contribution in [3.63, 3.8) is 0 Å². The number of nitrogens with one attached hydrogen (secondary N) is 1. The minimum absolute atomic E-state index is 0.183. The SMILES string of the molecule is Cc1ccccc1CCNC[C@H](O)CO. The Morgan fingerprint density at radius 3 is 2.73 bits per heavy atom. The summed E-state index contributed by atoms with van der Waals surface area (Å²) < 4.78 is 0. The van der Waals surface area contributed by atoms with Gasteiger partial charge in [0.1, 0.15) is 0 Å². The molecule has 0 fully saturated rings. The second-order valence-electron chi connectivity index (χ2n) is 3.72. The first kappa shape index (κ1) is 12.2. The fourth-order valence-corrected chi connectivity index (χ4v) is 1.45. The van der Waals surface area contributed by atoms with E-state index >= 15 is 0 Å². The highest BCUT2D eigenvalue weighted by molar-refractivity contribution is 5.25. The second kappa shape index (κ2) is 6.56. The van der Waals surface area contributed by atoms with E-state index in [1.807, 2.05) is 12.1 Å². The first-order valence-electron chi connectivity index (χ1n) is 5.28. The molecule has 15 heavy (non-hydrogen) atoms. The summed E-state index contributed by atoms with van der Waals surface area (Å²) >= 11 is 0. The summed E-state index contributed by atoms with van der Waals surface area (Å²) in [6.45, 7) is 3.18. The molecule has 0 aromatic heterocycles. The molecule has 3 N–H and O–H groups in total. The van der Waals surface area contributed by atoms with Gasteiger partial charge >= 0.3 is 0 Å². The largest absolute Gasteiger partial charge is 0.394 e. The third-order valence-electron chi connectivity index (χ3n) is 2.42. The highest BCUT2D eigenvalue weighted by Crippen LogP contribution is 2.06. The van der Waals surface area contributed by atoms with Crippen LogP contribution in [0.5, 0.6) is 0 Å². The van der Waals surface area contributed by atoms with Crippen LogP contribution < -0.4 is 5.32 Å². The molecule has 0 saturated carbocycles. The minimum Gasteiger partial charge on any atom is -0.394 e. The second-order valence-corrected chi connectivity index (χ2v) is 3.72. The number of aliphatic hydroxyl groups is 2. The van der Waals surface area contributed by atoms with Crippen LogP contribution in [-0.4, -0.2) is 36.0 Å². The molecule has 0 spiro atoms. The van der Waals surface area contributed by atoms with Gasteiger partial charge in [0.2, 0.25) is 0 Å². The Balaban J connectivity index is 2.23. The Morgan fingerprint density at radius 1 is 1.33 bits per heavy atom. The van der Waals surface area contributed by atoms with Crippen LogP contribution in [0.4, 0.5) is 0 Å². The maximum absolute atomic E-state index is 9.10. The Labute approximate surface area is 90.8 Å². The van der Waals surface area contributed by atoms with Gasteiger partial charge in [-0.25, -0.2) is 0 Å². The molecular weight excluding hydrogens is 190 g/mol. The van der Waals surface area contributed by atoms with Crippen molar-refractivity contribution in [2.75, 3.05) is 19.7 Å². The smallest absolute Gasteiger partial charge is 0.0894 e. The fraction of sp³-hybridized carbons (Fsp3) is 0.500. The monoisotopic (exact) mass is 209 g/mol. The van der Waals surface area contributed by atoms with Crippen molar-refractivity contribution >= 4 is 0 Å². The van der Waals surface area contributed by atoms with E-state index < -0.39 is 6.10 Å². The molecule has 0 aliphatic rings. The van der Waals surface area contributed by atoms with E-state index in [0.29, 0.717) is 6.54 Å². The van der Waals surface area contributed by atoms with Crippen molar-refractivity contribution in [3.05, 3.63) is 35.4 Å². The Kier molecular flexibility index (Phi) is 5.32. The summed E-state index contributed by atoms with van der Waals surface area (Å²) in [6.07, 6.45) is 0.298. The van der Waals surface area contributed by atoms with E-state index in [4.69, 9.17) is 10.2 Å². The number of aryl methyl sites for hydroxylation is 1. The molecule has 0 amide bonds. The van der Waals surface area contributed by atoms with Crippen LogP contribution in [0.25, 0.3) is 0 Å². The molecule has 1 rings (SSSR count). The molecule has 0 unspecified atom stereocenters. The molecule has 84 valence electrons.